The first kappa shape index (κ1) is 23.3. The van der Waals surface area contributed by atoms with Gasteiger partial charge < -0.3 is 20.3 Å². The van der Waals surface area contributed by atoms with Crippen LogP contribution >= 0.6 is 0 Å². The summed E-state index contributed by atoms with van der Waals surface area (Å²) in [5.74, 6) is 1.30. The summed E-state index contributed by atoms with van der Waals surface area (Å²) in [7, 11) is 4.19. The van der Waals surface area contributed by atoms with Gasteiger partial charge in [-0.3, -0.25) is 0 Å². The van der Waals surface area contributed by atoms with Crippen molar-refractivity contribution in [3.8, 4) is 0 Å². The van der Waals surface area contributed by atoms with E-state index in [0.717, 1.165) is 45.0 Å². The fourth-order valence-electron chi connectivity index (χ4n) is 4.11. The van der Waals surface area contributed by atoms with Crippen molar-refractivity contribution in [2.75, 3.05) is 33.8 Å². The van der Waals surface area contributed by atoms with Crippen LogP contribution in [0.5, 0.6) is 0 Å². The van der Waals surface area contributed by atoms with Gasteiger partial charge in [0.15, 0.2) is 5.96 Å². The van der Waals surface area contributed by atoms with Crippen molar-refractivity contribution in [3.63, 3.8) is 0 Å². The zero-order valence-electron chi connectivity index (χ0n) is 19.5. The number of aryl methyl sites for hydroxylation is 1. The predicted octanol–water partition coefficient (Wildman–Crippen LogP) is 4.28. The van der Waals surface area contributed by atoms with Gasteiger partial charge in [0.2, 0.25) is 0 Å². The van der Waals surface area contributed by atoms with Crippen LogP contribution in [0.15, 0.2) is 53.5 Å². The van der Waals surface area contributed by atoms with Gasteiger partial charge in [-0.2, -0.15) is 0 Å². The Labute approximate surface area is 187 Å². The number of guanidine groups is 1. The molecule has 0 spiro atoms. The van der Waals surface area contributed by atoms with Crippen molar-refractivity contribution >= 4 is 5.96 Å². The van der Waals surface area contributed by atoms with Gasteiger partial charge in [-0.15, -0.1) is 0 Å². The molecule has 0 aliphatic carbocycles. The lowest BCUT2D eigenvalue weighted by atomic mass is 9.89. The van der Waals surface area contributed by atoms with Crippen LogP contribution in [-0.4, -0.2) is 44.7 Å². The van der Waals surface area contributed by atoms with Gasteiger partial charge in [-0.25, -0.2) is 4.99 Å². The zero-order chi connectivity index (χ0) is 22.1. The van der Waals surface area contributed by atoms with Crippen molar-refractivity contribution in [2.24, 2.45) is 10.9 Å². The number of hydrogen-bond acceptors (Lipinski definition) is 3. The molecule has 1 fully saturated rings. The predicted molar refractivity (Wildman–Crippen MR) is 129 cm³/mol. The minimum Gasteiger partial charge on any atom is -0.373 e. The highest BCUT2D eigenvalue weighted by Gasteiger charge is 2.27. The Morgan fingerprint density at radius 2 is 1.87 bits per heavy atom. The van der Waals surface area contributed by atoms with Crippen molar-refractivity contribution in [2.45, 2.75) is 45.9 Å². The maximum Gasteiger partial charge on any atom is 0.191 e. The van der Waals surface area contributed by atoms with E-state index in [-0.39, 0.29) is 6.10 Å². The first-order chi connectivity index (χ1) is 15.0. The Bertz CT molecular complexity index is 832. The SMILES string of the molecule is CCNC(=NCc1cccc(CN(C)C)c1)NCC1CCCOC1c1ccc(C)cc1. The number of hydrogen-bond donors (Lipinski definition) is 2. The molecule has 1 aliphatic rings. The van der Waals surface area contributed by atoms with E-state index in [1.54, 1.807) is 0 Å². The van der Waals surface area contributed by atoms with E-state index < -0.39 is 0 Å². The number of nitrogens with zero attached hydrogens (tertiary/aromatic N) is 2. The molecule has 0 radical (unpaired) electrons. The molecule has 5 nitrogen and oxygen atoms in total. The number of aliphatic imine (C=N–C) groups is 1. The first-order valence-corrected chi connectivity index (χ1v) is 11.5. The minimum absolute atomic E-state index is 0.146. The number of rotatable bonds is 8. The second kappa shape index (κ2) is 11.9. The highest BCUT2D eigenvalue weighted by Crippen LogP contribution is 2.33. The maximum absolute atomic E-state index is 6.18. The highest BCUT2D eigenvalue weighted by molar-refractivity contribution is 5.79. The van der Waals surface area contributed by atoms with Crippen molar-refractivity contribution in [1.82, 2.24) is 15.5 Å². The lowest BCUT2D eigenvalue weighted by Gasteiger charge is -2.32. The van der Waals surface area contributed by atoms with Crippen molar-refractivity contribution in [3.05, 3.63) is 70.8 Å². The van der Waals surface area contributed by atoms with Gasteiger partial charge in [-0.1, -0.05) is 54.1 Å². The third-order valence-corrected chi connectivity index (χ3v) is 5.64. The lowest BCUT2D eigenvalue weighted by molar-refractivity contribution is -0.0265. The van der Waals surface area contributed by atoms with Crippen LogP contribution in [0, 0.1) is 12.8 Å². The van der Waals surface area contributed by atoms with Crippen LogP contribution in [0.4, 0.5) is 0 Å². The average molecular weight is 423 g/mol. The monoisotopic (exact) mass is 422 g/mol. The standard InChI is InChI=1S/C26H38N4O/c1-5-27-26(28-17-21-8-6-9-22(16-21)19-30(3)4)29-18-24-10-7-15-31-25(24)23-13-11-20(2)12-14-23/h6,8-9,11-14,16,24-25H,5,7,10,15,17-19H2,1-4H3,(H2,27,28,29). The summed E-state index contributed by atoms with van der Waals surface area (Å²) < 4.78 is 6.18. The normalized spacial score (nSPS) is 19.5. The second-order valence-electron chi connectivity index (χ2n) is 8.74. The van der Waals surface area contributed by atoms with Gasteiger partial charge in [-0.05, 0) is 57.5 Å². The summed E-state index contributed by atoms with van der Waals surface area (Å²) in [5.41, 5.74) is 5.10. The van der Waals surface area contributed by atoms with Gasteiger partial charge in [0.25, 0.3) is 0 Å². The van der Waals surface area contributed by atoms with E-state index in [1.165, 1.54) is 22.3 Å². The van der Waals surface area contributed by atoms with Crippen LogP contribution in [-0.2, 0) is 17.8 Å². The fourth-order valence-corrected chi connectivity index (χ4v) is 4.11. The van der Waals surface area contributed by atoms with Crippen LogP contribution in [0.2, 0.25) is 0 Å². The van der Waals surface area contributed by atoms with Crippen LogP contribution in [0.25, 0.3) is 0 Å². The van der Waals surface area contributed by atoms with Gasteiger partial charge in [0.05, 0.1) is 12.6 Å². The van der Waals surface area contributed by atoms with Crippen LogP contribution < -0.4 is 10.6 Å². The summed E-state index contributed by atoms with van der Waals surface area (Å²) in [6.45, 7) is 8.37. The molecule has 2 unspecified atom stereocenters. The average Bonchev–Trinajstić information content (AvgIpc) is 2.76. The number of nitrogens with one attached hydrogen (secondary N) is 2. The maximum atomic E-state index is 6.18. The Balaban J connectivity index is 1.63. The molecule has 2 atom stereocenters. The van der Waals surface area contributed by atoms with E-state index in [0.29, 0.717) is 12.5 Å². The van der Waals surface area contributed by atoms with E-state index in [1.807, 2.05) is 0 Å². The molecule has 168 valence electrons. The molecule has 2 aromatic rings. The molecule has 2 aromatic carbocycles. The highest BCUT2D eigenvalue weighted by atomic mass is 16.5. The number of benzene rings is 2. The molecule has 0 aromatic heterocycles. The van der Waals surface area contributed by atoms with Gasteiger partial charge in [0, 0.05) is 32.2 Å². The fraction of sp³-hybridized carbons (Fsp3) is 0.500. The van der Waals surface area contributed by atoms with E-state index in [4.69, 9.17) is 9.73 Å². The molecule has 5 heteroatoms. The van der Waals surface area contributed by atoms with E-state index in [9.17, 15) is 0 Å². The van der Waals surface area contributed by atoms with E-state index >= 15 is 0 Å². The Morgan fingerprint density at radius 3 is 2.61 bits per heavy atom. The molecular formula is C26H38N4O. The lowest BCUT2D eigenvalue weighted by Crippen LogP contribution is -2.42. The summed E-state index contributed by atoms with van der Waals surface area (Å²) in [5, 5.41) is 6.96. The molecule has 1 heterocycles. The molecule has 1 aliphatic heterocycles. The summed E-state index contributed by atoms with van der Waals surface area (Å²) in [6.07, 6.45) is 2.42. The summed E-state index contributed by atoms with van der Waals surface area (Å²) in [4.78, 5) is 7.02. The molecule has 31 heavy (non-hydrogen) atoms. The largest absolute Gasteiger partial charge is 0.373 e. The Morgan fingerprint density at radius 1 is 1.10 bits per heavy atom. The minimum atomic E-state index is 0.146. The van der Waals surface area contributed by atoms with Crippen LogP contribution in [0.3, 0.4) is 0 Å². The summed E-state index contributed by atoms with van der Waals surface area (Å²) in [6, 6.07) is 17.4. The Hall–Kier alpha value is -2.37. The topological polar surface area (TPSA) is 48.9 Å². The molecular weight excluding hydrogens is 384 g/mol. The van der Waals surface area contributed by atoms with Crippen LogP contribution in [0.1, 0.15) is 48.1 Å². The molecule has 0 bridgehead atoms. The second-order valence-corrected chi connectivity index (χ2v) is 8.74. The summed E-state index contributed by atoms with van der Waals surface area (Å²) >= 11 is 0. The smallest absolute Gasteiger partial charge is 0.191 e. The Kier molecular flexibility index (Phi) is 8.92. The van der Waals surface area contributed by atoms with Gasteiger partial charge in [0.1, 0.15) is 0 Å². The molecule has 2 N–H and O–H groups in total. The quantitative estimate of drug-likeness (QED) is 0.492. The number of ether oxygens (including phenoxy) is 1. The van der Waals surface area contributed by atoms with Crippen molar-refractivity contribution in [1.29, 1.82) is 0 Å². The zero-order valence-corrected chi connectivity index (χ0v) is 19.5. The third-order valence-electron chi connectivity index (χ3n) is 5.64. The first-order valence-electron chi connectivity index (χ1n) is 11.5. The molecule has 0 amide bonds. The van der Waals surface area contributed by atoms with Gasteiger partial charge >= 0.3 is 0 Å². The third kappa shape index (κ3) is 7.37. The molecule has 3 rings (SSSR count). The van der Waals surface area contributed by atoms with E-state index in [2.05, 4.69) is 92.0 Å². The molecule has 0 saturated carbocycles. The van der Waals surface area contributed by atoms with Crippen molar-refractivity contribution < 1.29 is 4.74 Å². The molecule has 1 saturated heterocycles.